The molecule has 0 atom stereocenters. The van der Waals surface area contributed by atoms with Gasteiger partial charge in [-0.2, -0.15) is 0 Å². The molecule has 0 bridgehead atoms. The summed E-state index contributed by atoms with van der Waals surface area (Å²) in [6, 6.07) is 11.5. The lowest BCUT2D eigenvalue weighted by Crippen LogP contribution is -1.92. The number of hydrogen-bond acceptors (Lipinski definition) is 2. The Hall–Kier alpha value is -1.67. The lowest BCUT2D eigenvalue weighted by atomic mass is 9.99. The highest BCUT2D eigenvalue weighted by Gasteiger charge is 2.07. The van der Waals surface area contributed by atoms with E-state index in [0.717, 1.165) is 22.4 Å². The number of ether oxygens (including phenoxy) is 1. The number of nitrogen functional groups attached to an aromatic ring is 1. The van der Waals surface area contributed by atoms with Crippen molar-refractivity contribution in [1.29, 1.82) is 0 Å². The van der Waals surface area contributed by atoms with Gasteiger partial charge in [-0.1, -0.05) is 23.7 Å². The molecule has 2 rings (SSSR count). The highest BCUT2D eigenvalue weighted by molar-refractivity contribution is 6.31. The van der Waals surface area contributed by atoms with Gasteiger partial charge in [0.05, 0.1) is 7.11 Å². The molecule has 0 saturated carbocycles. The second-order valence-electron chi connectivity index (χ2n) is 3.91. The molecule has 0 spiro atoms. The zero-order chi connectivity index (χ0) is 12.4. The minimum Gasteiger partial charge on any atom is -0.497 e. The molecule has 2 N–H and O–H groups in total. The highest BCUT2D eigenvalue weighted by atomic mass is 35.5. The fourth-order valence-corrected chi connectivity index (χ4v) is 2.02. The molecule has 3 heteroatoms. The molecule has 0 radical (unpaired) electrons. The summed E-state index contributed by atoms with van der Waals surface area (Å²) < 4.78 is 5.18. The predicted octanol–water partition coefficient (Wildman–Crippen LogP) is 3.91. The Labute approximate surface area is 106 Å². The maximum Gasteiger partial charge on any atom is 0.119 e. The van der Waals surface area contributed by atoms with Crippen LogP contribution in [0.2, 0.25) is 5.02 Å². The molecule has 0 saturated heterocycles. The normalized spacial score (nSPS) is 10.3. The quantitative estimate of drug-likeness (QED) is 0.817. The van der Waals surface area contributed by atoms with Crippen LogP contribution < -0.4 is 10.5 Å². The standard InChI is InChI=1S/C14H14ClNO/c1-9-7-11(17-2)4-6-12(9)13-5-3-10(15)8-14(13)16/h3-8H,16H2,1-2H3. The zero-order valence-electron chi connectivity index (χ0n) is 9.83. The SMILES string of the molecule is COc1ccc(-c2ccc(Cl)cc2N)c(C)c1. The van der Waals surface area contributed by atoms with E-state index in [1.54, 1.807) is 13.2 Å². The summed E-state index contributed by atoms with van der Waals surface area (Å²) in [5.74, 6) is 0.846. The van der Waals surface area contributed by atoms with Crippen LogP contribution in [0.4, 0.5) is 5.69 Å². The van der Waals surface area contributed by atoms with Crippen molar-refractivity contribution in [3.63, 3.8) is 0 Å². The summed E-state index contributed by atoms with van der Waals surface area (Å²) in [6.07, 6.45) is 0. The Morgan fingerprint density at radius 3 is 2.35 bits per heavy atom. The maximum absolute atomic E-state index is 5.98. The molecule has 0 unspecified atom stereocenters. The Morgan fingerprint density at radius 2 is 1.76 bits per heavy atom. The molecule has 0 heterocycles. The van der Waals surface area contributed by atoms with Crippen LogP contribution in [0.15, 0.2) is 36.4 Å². The molecule has 0 aliphatic carbocycles. The maximum atomic E-state index is 5.98. The molecule has 2 nitrogen and oxygen atoms in total. The van der Waals surface area contributed by atoms with E-state index in [1.165, 1.54) is 0 Å². The third-order valence-corrected chi connectivity index (χ3v) is 2.97. The number of methoxy groups -OCH3 is 1. The summed E-state index contributed by atoms with van der Waals surface area (Å²) in [4.78, 5) is 0. The van der Waals surface area contributed by atoms with Gasteiger partial charge in [0, 0.05) is 16.3 Å². The van der Waals surface area contributed by atoms with Crippen molar-refractivity contribution < 1.29 is 4.74 Å². The molecule has 88 valence electrons. The molecular formula is C14H14ClNO. The molecule has 0 aliphatic heterocycles. The van der Waals surface area contributed by atoms with Crippen LogP contribution in [-0.4, -0.2) is 7.11 Å². The number of rotatable bonds is 2. The van der Waals surface area contributed by atoms with E-state index in [9.17, 15) is 0 Å². The van der Waals surface area contributed by atoms with Gasteiger partial charge in [0.2, 0.25) is 0 Å². The summed E-state index contributed by atoms with van der Waals surface area (Å²) >= 11 is 5.89. The second kappa shape index (κ2) is 4.68. The van der Waals surface area contributed by atoms with Gasteiger partial charge in [0.15, 0.2) is 0 Å². The molecular weight excluding hydrogens is 234 g/mol. The van der Waals surface area contributed by atoms with E-state index in [1.807, 2.05) is 37.3 Å². The number of halogens is 1. The number of benzene rings is 2. The minimum atomic E-state index is 0.650. The zero-order valence-corrected chi connectivity index (χ0v) is 10.6. The fraction of sp³-hybridized carbons (Fsp3) is 0.143. The monoisotopic (exact) mass is 247 g/mol. The third-order valence-electron chi connectivity index (χ3n) is 2.74. The second-order valence-corrected chi connectivity index (χ2v) is 4.35. The average molecular weight is 248 g/mol. The van der Waals surface area contributed by atoms with Crippen LogP contribution in [0.1, 0.15) is 5.56 Å². The molecule has 17 heavy (non-hydrogen) atoms. The van der Waals surface area contributed by atoms with E-state index < -0.39 is 0 Å². The molecule has 0 aliphatic rings. The molecule has 0 amide bonds. The largest absolute Gasteiger partial charge is 0.497 e. The minimum absolute atomic E-state index is 0.650. The van der Waals surface area contributed by atoms with Gasteiger partial charge in [-0.15, -0.1) is 0 Å². The van der Waals surface area contributed by atoms with Crippen molar-refractivity contribution in [3.05, 3.63) is 47.0 Å². The highest BCUT2D eigenvalue weighted by Crippen LogP contribution is 2.32. The van der Waals surface area contributed by atoms with Crippen molar-refractivity contribution in [2.45, 2.75) is 6.92 Å². The number of aryl methyl sites for hydroxylation is 1. The van der Waals surface area contributed by atoms with Gasteiger partial charge >= 0.3 is 0 Å². The van der Waals surface area contributed by atoms with Gasteiger partial charge in [-0.3, -0.25) is 0 Å². The summed E-state index contributed by atoms with van der Waals surface area (Å²) in [5, 5.41) is 0.650. The Kier molecular flexibility index (Phi) is 3.25. The van der Waals surface area contributed by atoms with Gasteiger partial charge in [0.25, 0.3) is 0 Å². The average Bonchev–Trinajstić information content (AvgIpc) is 2.30. The fourth-order valence-electron chi connectivity index (χ4n) is 1.84. The first-order valence-corrected chi connectivity index (χ1v) is 5.69. The lowest BCUT2D eigenvalue weighted by molar-refractivity contribution is 0.414. The third kappa shape index (κ3) is 2.37. The summed E-state index contributed by atoms with van der Waals surface area (Å²) in [6.45, 7) is 2.03. The van der Waals surface area contributed by atoms with E-state index in [-0.39, 0.29) is 0 Å². The summed E-state index contributed by atoms with van der Waals surface area (Å²) in [5.41, 5.74) is 9.88. The van der Waals surface area contributed by atoms with Gasteiger partial charge in [0.1, 0.15) is 5.75 Å². The van der Waals surface area contributed by atoms with Crippen molar-refractivity contribution >= 4 is 17.3 Å². The molecule has 0 aromatic heterocycles. The van der Waals surface area contributed by atoms with Crippen LogP contribution in [-0.2, 0) is 0 Å². The lowest BCUT2D eigenvalue weighted by Gasteiger charge is -2.10. The first kappa shape index (κ1) is 11.8. The van der Waals surface area contributed by atoms with Crippen LogP contribution in [0.25, 0.3) is 11.1 Å². The van der Waals surface area contributed by atoms with Crippen LogP contribution >= 0.6 is 11.6 Å². The first-order valence-electron chi connectivity index (χ1n) is 5.32. The van der Waals surface area contributed by atoms with Gasteiger partial charge < -0.3 is 10.5 Å². The molecule has 2 aromatic carbocycles. The van der Waals surface area contributed by atoms with Crippen molar-refractivity contribution in [3.8, 4) is 16.9 Å². The van der Waals surface area contributed by atoms with Gasteiger partial charge in [-0.05, 0) is 42.3 Å². The van der Waals surface area contributed by atoms with Crippen LogP contribution in [0, 0.1) is 6.92 Å². The number of nitrogens with two attached hydrogens (primary N) is 1. The summed E-state index contributed by atoms with van der Waals surface area (Å²) in [7, 11) is 1.66. The van der Waals surface area contributed by atoms with Crippen molar-refractivity contribution in [2.75, 3.05) is 12.8 Å². The van der Waals surface area contributed by atoms with Crippen molar-refractivity contribution in [2.24, 2.45) is 0 Å². The number of anilines is 1. The van der Waals surface area contributed by atoms with Crippen molar-refractivity contribution in [1.82, 2.24) is 0 Å². The van der Waals surface area contributed by atoms with E-state index in [2.05, 4.69) is 0 Å². The molecule has 2 aromatic rings. The Morgan fingerprint density at radius 1 is 1.06 bits per heavy atom. The Balaban J connectivity index is 2.53. The van der Waals surface area contributed by atoms with E-state index >= 15 is 0 Å². The smallest absolute Gasteiger partial charge is 0.119 e. The topological polar surface area (TPSA) is 35.2 Å². The predicted molar refractivity (Wildman–Crippen MR) is 72.6 cm³/mol. The van der Waals surface area contributed by atoms with E-state index in [0.29, 0.717) is 10.7 Å². The van der Waals surface area contributed by atoms with Crippen LogP contribution in [0.5, 0.6) is 5.75 Å². The van der Waals surface area contributed by atoms with Gasteiger partial charge in [-0.25, -0.2) is 0 Å². The number of hydrogen-bond donors (Lipinski definition) is 1. The van der Waals surface area contributed by atoms with E-state index in [4.69, 9.17) is 22.1 Å². The van der Waals surface area contributed by atoms with Crippen LogP contribution in [0.3, 0.4) is 0 Å². The Bertz CT molecular complexity index is 552. The first-order chi connectivity index (χ1) is 8.11. The molecule has 0 fully saturated rings.